The van der Waals surface area contributed by atoms with Gasteiger partial charge in [0.2, 0.25) is 0 Å². The molecule has 6 heteroatoms. The molecule has 0 saturated carbocycles. The molecule has 3 aromatic rings. The quantitative estimate of drug-likeness (QED) is 0.274. The highest BCUT2D eigenvalue weighted by atomic mass is 79.9. The lowest BCUT2D eigenvalue weighted by Gasteiger charge is -2.14. The SMILES string of the molecule is COc1ccc(/C(C#N)=C/c2cc(Cl)c(OCc3ccc(Br)cc3)c(OC)c2)cc1. The lowest BCUT2D eigenvalue weighted by molar-refractivity contribution is 0.284. The maximum atomic E-state index is 9.61. The van der Waals surface area contributed by atoms with Gasteiger partial charge in [0, 0.05) is 4.47 Å². The second-order valence-electron chi connectivity index (χ2n) is 6.35. The molecule has 0 N–H and O–H groups in total. The number of allylic oxidation sites excluding steroid dienone is 1. The molecule has 0 bridgehead atoms. The van der Waals surface area contributed by atoms with Crippen LogP contribution in [0.5, 0.6) is 17.2 Å². The van der Waals surface area contributed by atoms with Gasteiger partial charge >= 0.3 is 0 Å². The molecule has 0 spiro atoms. The molecule has 4 nitrogen and oxygen atoms in total. The maximum absolute atomic E-state index is 9.61. The summed E-state index contributed by atoms with van der Waals surface area (Å²) in [4.78, 5) is 0. The fourth-order valence-electron chi connectivity index (χ4n) is 2.82. The van der Waals surface area contributed by atoms with Gasteiger partial charge < -0.3 is 14.2 Å². The summed E-state index contributed by atoms with van der Waals surface area (Å²) in [6.07, 6.45) is 1.76. The van der Waals surface area contributed by atoms with Crippen molar-refractivity contribution in [1.82, 2.24) is 0 Å². The second kappa shape index (κ2) is 10.2. The van der Waals surface area contributed by atoms with E-state index in [2.05, 4.69) is 22.0 Å². The molecule has 0 aliphatic heterocycles. The molecule has 0 unspecified atom stereocenters. The number of hydrogen-bond donors (Lipinski definition) is 0. The maximum Gasteiger partial charge on any atom is 0.180 e. The number of halogens is 2. The van der Waals surface area contributed by atoms with Crippen LogP contribution in [-0.2, 0) is 6.61 Å². The number of hydrogen-bond acceptors (Lipinski definition) is 4. The van der Waals surface area contributed by atoms with Gasteiger partial charge in [-0.2, -0.15) is 5.26 Å². The van der Waals surface area contributed by atoms with Gasteiger partial charge in [-0.1, -0.05) is 39.7 Å². The van der Waals surface area contributed by atoms with Crippen LogP contribution < -0.4 is 14.2 Å². The van der Waals surface area contributed by atoms with Crippen LogP contribution in [0, 0.1) is 11.3 Å². The van der Waals surface area contributed by atoms with Crippen LogP contribution in [0.3, 0.4) is 0 Å². The van der Waals surface area contributed by atoms with E-state index >= 15 is 0 Å². The Hall–Kier alpha value is -2.94. The van der Waals surface area contributed by atoms with Crippen LogP contribution in [0.2, 0.25) is 5.02 Å². The van der Waals surface area contributed by atoms with E-state index in [9.17, 15) is 5.26 Å². The van der Waals surface area contributed by atoms with Gasteiger partial charge in [0.05, 0.1) is 30.9 Å². The van der Waals surface area contributed by atoms with E-state index in [0.717, 1.165) is 26.9 Å². The second-order valence-corrected chi connectivity index (χ2v) is 7.67. The summed E-state index contributed by atoms with van der Waals surface area (Å²) < 4.78 is 17.6. The highest BCUT2D eigenvalue weighted by Gasteiger charge is 2.13. The molecule has 0 aliphatic rings. The molecule has 0 heterocycles. The van der Waals surface area contributed by atoms with E-state index in [4.69, 9.17) is 25.8 Å². The lowest BCUT2D eigenvalue weighted by Crippen LogP contribution is -1.99. The zero-order valence-corrected chi connectivity index (χ0v) is 18.8. The van der Waals surface area contributed by atoms with Crippen molar-refractivity contribution in [3.63, 3.8) is 0 Å². The zero-order chi connectivity index (χ0) is 21.5. The molecule has 0 fully saturated rings. The van der Waals surface area contributed by atoms with Crippen molar-refractivity contribution in [2.45, 2.75) is 6.61 Å². The highest BCUT2D eigenvalue weighted by molar-refractivity contribution is 9.10. The number of benzene rings is 3. The Kier molecular flexibility index (Phi) is 7.40. The van der Waals surface area contributed by atoms with Crippen molar-refractivity contribution in [2.24, 2.45) is 0 Å². The number of nitrogens with zero attached hydrogens (tertiary/aromatic N) is 1. The third-order valence-electron chi connectivity index (χ3n) is 4.38. The normalized spacial score (nSPS) is 11.0. The van der Waals surface area contributed by atoms with Crippen molar-refractivity contribution in [2.75, 3.05) is 14.2 Å². The zero-order valence-electron chi connectivity index (χ0n) is 16.5. The lowest BCUT2D eigenvalue weighted by atomic mass is 10.0. The molecule has 0 atom stereocenters. The minimum absolute atomic E-state index is 0.355. The molecule has 0 amide bonds. The summed E-state index contributed by atoms with van der Waals surface area (Å²) in [6, 6.07) is 20.9. The summed E-state index contributed by atoms with van der Waals surface area (Å²) in [5, 5.41) is 10.0. The molecule has 0 saturated heterocycles. The fourth-order valence-corrected chi connectivity index (χ4v) is 3.35. The van der Waals surface area contributed by atoms with E-state index in [-0.39, 0.29) is 0 Å². The first-order valence-electron chi connectivity index (χ1n) is 9.05. The Morgan fingerprint density at radius 2 is 1.73 bits per heavy atom. The Bertz CT molecular complexity index is 1090. The van der Waals surface area contributed by atoms with Gasteiger partial charge in [0.15, 0.2) is 11.5 Å². The van der Waals surface area contributed by atoms with E-state index in [0.29, 0.717) is 28.7 Å². The number of nitriles is 1. The minimum Gasteiger partial charge on any atom is -0.497 e. The molecule has 0 aliphatic carbocycles. The van der Waals surface area contributed by atoms with Crippen molar-refractivity contribution in [3.8, 4) is 23.3 Å². The van der Waals surface area contributed by atoms with Crippen molar-refractivity contribution >= 4 is 39.2 Å². The first-order valence-corrected chi connectivity index (χ1v) is 10.2. The van der Waals surface area contributed by atoms with Crippen molar-refractivity contribution in [3.05, 3.63) is 86.8 Å². The molecule has 30 heavy (non-hydrogen) atoms. The Labute approximate surface area is 189 Å². The van der Waals surface area contributed by atoms with E-state index in [1.165, 1.54) is 0 Å². The van der Waals surface area contributed by atoms with E-state index in [1.807, 2.05) is 48.5 Å². The number of rotatable bonds is 7. The molecule has 3 rings (SSSR count). The summed E-state index contributed by atoms with van der Waals surface area (Å²) in [7, 11) is 3.16. The monoisotopic (exact) mass is 483 g/mol. The molecular weight excluding hydrogens is 466 g/mol. The van der Waals surface area contributed by atoms with E-state index in [1.54, 1.807) is 32.4 Å². The van der Waals surface area contributed by atoms with Crippen LogP contribution in [0.4, 0.5) is 0 Å². The predicted molar refractivity (Wildman–Crippen MR) is 123 cm³/mol. The van der Waals surface area contributed by atoms with Crippen molar-refractivity contribution < 1.29 is 14.2 Å². The van der Waals surface area contributed by atoms with Crippen LogP contribution >= 0.6 is 27.5 Å². The Morgan fingerprint density at radius 3 is 2.33 bits per heavy atom. The topological polar surface area (TPSA) is 51.5 Å². The summed E-state index contributed by atoms with van der Waals surface area (Å²) >= 11 is 9.89. The minimum atomic E-state index is 0.355. The van der Waals surface area contributed by atoms with Crippen LogP contribution in [-0.4, -0.2) is 14.2 Å². The molecular formula is C24H19BrClNO3. The number of methoxy groups -OCH3 is 2. The molecule has 0 radical (unpaired) electrons. The fraction of sp³-hybridized carbons (Fsp3) is 0.125. The average Bonchev–Trinajstić information content (AvgIpc) is 2.77. The molecule has 3 aromatic carbocycles. The van der Waals surface area contributed by atoms with Gasteiger partial charge in [0.1, 0.15) is 12.4 Å². The Balaban J connectivity index is 1.87. The van der Waals surface area contributed by atoms with Gasteiger partial charge in [0.25, 0.3) is 0 Å². The van der Waals surface area contributed by atoms with Crippen LogP contribution in [0.25, 0.3) is 11.6 Å². The predicted octanol–water partition coefficient (Wildman–Crippen LogP) is 6.76. The van der Waals surface area contributed by atoms with Gasteiger partial charge in [-0.25, -0.2) is 0 Å². The summed E-state index contributed by atoms with van der Waals surface area (Å²) in [5.74, 6) is 1.69. The largest absolute Gasteiger partial charge is 0.497 e. The first-order chi connectivity index (χ1) is 14.5. The summed E-state index contributed by atoms with van der Waals surface area (Å²) in [5.41, 5.74) is 3.02. The third-order valence-corrected chi connectivity index (χ3v) is 5.19. The third kappa shape index (κ3) is 5.35. The Morgan fingerprint density at radius 1 is 1.03 bits per heavy atom. The molecule has 152 valence electrons. The smallest absolute Gasteiger partial charge is 0.180 e. The first kappa shape index (κ1) is 21.8. The molecule has 0 aromatic heterocycles. The highest BCUT2D eigenvalue weighted by Crippen LogP contribution is 2.38. The van der Waals surface area contributed by atoms with Gasteiger partial charge in [-0.15, -0.1) is 0 Å². The van der Waals surface area contributed by atoms with Crippen LogP contribution in [0.1, 0.15) is 16.7 Å². The van der Waals surface area contributed by atoms with Gasteiger partial charge in [-0.05, 0) is 71.3 Å². The van der Waals surface area contributed by atoms with Crippen LogP contribution in [0.15, 0.2) is 65.1 Å². The standard InChI is InChI=1S/C24H19BrClNO3/c1-28-21-9-5-18(6-10-21)19(14-27)11-17-12-22(26)24(23(13-17)29-2)30-15-16-3-7-20(25)8-4-16/h3-13H,15H2,1-2H3/b19-11+. The van der Waals surface area contributed by atoms with E-state index < -0.39 is 0 Å². The van der Waals surface area contributed by atoms with Gasteiger partial charge in [-0.3, -0.25) is 0 Å². The average molecular weight is 485 g/mol. The summed E-state index contributed by atoms with van der Waals surface area (Å²) in [6.45, 7) is 0.355. The van der Waals surface area contributed by atoms with Crippen molar-refractivity contribution in [1.29, 1.82) is 5.26 Å². The number of ether oxygens (including phenoxy) is 3.